The fourth-order valence-corrected chi connectivity index (χ4v) is 5.00. The summed E-state index contributed by atoms with van der Waals surface area (Å²) in [4.78, 5) is 11.1. The number of nitrogens with zero attached hydrogens (tertiary/aromatic N) is 3. The summed E-state index contributed by atoms with van der Waals surface area (Å²) in [7, 11) is -2.23. The van der Waals surface area contributed by atoms with Gasteiger partial charge in [-0.1, -0.05) is 23.5 Å². The van der Waals surface area contributed by atoms with Gasteiger partial charge in [0.2, 0.25) is 15.4 Å². The Bertz CT molecular complexity index is 882. The Kier molecular flexibility index (Phi) is 5.51. The molecule has 140 valence electrons. The topological polar surface area (TPSA) is 111 Å². The molecule has 1 fully saturated rings. The second-order valence-corrected chi connectivity index (χ2v) is 8.64. The van der Waals surface area contributed by atoms with E-state index >= 15 is 0 Å². The van der Waals surface area contributed by atoms with E-state index < -0.39 is 10.0 Å². The standard InChI is InChI=1S/C15H18N4O5S2/c1-10(20)16-14-17-18-15(25-14)26(21,22)19-7-8-24-13(9-19)11-3-5-12(23-2)6-4-11/h3-6,13H,7-9H2,1-2H3,(H,16,17,20). The van der Waals surface area contributed by atoms with Crippen LogP contribution in [0.3, 0.4) is 0 Å². The van der Waals surface area contributed by atoms with Crippen LogP contribution in [0, 0.1) is 0 Å². The molecule has 1 aromatic carbocycles. The van der Waals surface area contributed by atoms with Crippen LogP contribution in [0.15, 0.2) is 28.6 Å². The number of anilines is 1. The minimum Gasteiger partial charge on any atom is -0.497 e. The van der Waals surface area contributed by atoms with Gasteiger partial charge in [0.25, 0.3) is 10.0 Å². The molecule has 2 aromatic rings. The zero-order chi connectivity index (χ0) is 18.7. The zero-order valence-corrected chi connectivity index (χ0v) is 15.8. The van der Waals surface area contributed by atoms with E-state index in [1.54, 1.807) is 19.2 Å². The molecule has 1 aliphatic rings. The highest BCUT2D eigenvalue weighted by Gasteiger charge is 2.34. The van der Waals surface area contributed by atoms with Gasteiger partial charge in [0.05, 0.1) is 19.8 Å². The van der Waals surface area contributed by atoms with Gasteiger partial charge in [-0.2, -0.15) is 4.31 Å². The van der Waals surface area contributed by atoms with Crippen LogP contribution in [-0.2, 0) is 19.6 Å². The van der Waals surface area contributed by atoms with E-state index in [0.717, 1.165) is 16.9 Å². The third-order valence-electron chi connectivity index (χ3n) is 3.77. The van der Waals surface area contributed by atoms with E-state index in [4.69, 9.17) is 9.47 Å². The summed E-state index contributed by atoms with van der Waals surface area (Å²) in [6.45, 7) is 1.98. The van der Waals surface area contributed by atoms with Crippen molar-refractivity contribution in [2.75, 3.05) is 32.1 Å². The molecule has 1 atom stereocenters. The smallest absolute Gasteiger partial charge is 0.272 e. The summed E-state index contributed by atoms with van der Waals surface area (Å²) in [5.41, 5.74) is 0.863. The zero-order valence-electron chi connectivity index (χ0n) is 14.2. The molecule has 11 heteroatoms. The molecule has 0 radical (unpaired) electrons. The van der Waals surface area contributed by atoms with E-state index in [9.17, 15) is 13.2 Å². The monoisotopic (exact) mass is 398 g/mol. The summed E-state index contributed by atoms with van der Waals surface area (Å²) >= 11 is 0.823. The lowest BCUT2D eigenvalue weighted by Crippen LogP contribution is -2.42. The van der Waals surface area contributed by atoms with Crippen molar-refractivity contribution in [3.8, 4) is 5.75 Å². The van der Waals surface area contributed by atoms with Gasteiger partial charge < -0.3 is 14.8 Å². The van der Waals surface area contributed by atoms with E-state index in [2.05, 4.69) is 15.5 Å². The maximum atomic E-state index is 12.8. The van der Waals surface area contributed by atoms with E-state index in [0.29, 0.717) is 5.75 Å². The number of morpholine rings is 1. The fourth-order valence-electron chi connectivity index (χ4n) is 2.49. The highest BCUT2D eigenvalue weighted by Crippen LogP contribution is 2.29. The van der Waals surface area contributed by atoms with Gasteiger partial charge in [-0.25, -0.2) is 8.42 Å². The average molecular weight is 398 g/mol. The molecule has 2 heterocycles. The highest BCUT2D eigenvalue weighted by atomic mass is 32.2. The van der Waals surface area contributed by atoms with Crippen molar-refractivity contribution < 1.29 is 22.7 Å². The average Bonchev–Trinajstić information content (AvgIpc) is 3.10. The van der Waals surface area contributed by atoms with Crippen molar-refractivity contribution in [2.24, 2.45) is 0 Å². The molecule has 3 rings (SSSR count). The van der Waals surface area contributed by atoms with Crippen molar-refractivity contribution in [3.63, 3.8) is 0 Å². The summed E-state index contributed by atoms with van der Waals surface area (Å²) in [5.74, 6) is 0.379. The van der Waals surface area contributed by atoms with Gasteiger partial charge in [0, 0.05) is 20.0 Å². The number of sulfonamides is 1. The minimum absolute atomic E-state index is 0.149. The maximum absolute atomic E-state index is 12.8. The minimum atomic E-state index is -3.81. The number of aromatic nitrogens is 2. The molecule has 1 aromatic heterocycles. The highest BCUT2D eigenvalue weighted by molar-refractivity contribution is 7.91. The summed E-state index contributed by atoms with van der Waals surface area (Å²) in [6.07, 6.45) is -0.382. The Morgan fingerprint density at radius 1 is 1.35 bits per heavy atom. The largest absolute Gasteiger partial charge is 0.497 e. The first-order valence-electron chi connectivity index (χ1n) is 7.77. The Morgan fingerprint density at radius 2 is 2.08 bits per heavy atom. The van der Waals surface area contributed by atoms with Gasteiger partial charge in [-0.05, 0) is 17.7 Å². The van der Waals surface area contributed by atoms with Gasteiger partial charge >= 0.3 is 0 Å². The van der Waals surface area contributed by atoms with E-state index in [1.807, 2.05) is 12.1 Å². The lowest BCUT2D eigenvalue weighted by molar-refractivity contribution is -0.114. The quantitative estimate of drug-likeness (QED) is 0.755. The molecule has 1 saturated heterocycles. The van der Waals surface area contributed by atoms with Gasteiger partial charge in [0.15, 0.2) is 0 Å². The van der Waals surface area contributed by atoms with Crippen LogP contribution < -0.4 is 10.1 Å². The Labute approximate surface area is 155 Å². The number of carbonyl (C=O) groups is 1. The lowest BCUT2D eigenvalue weighted by atomic mass is 10.1. The summed E-state index contributed by atoms with van der Waals surface area (Å²) in [5, 5.41) is 9.98. The van der Waals surface area contributed by atoms with Crippen LogP contribution >= 0.6 is 11.3 Å². The first kappa shape index (κ1) is 18.7. The molecule has 1 N–H and O–H groups in total. The van der Waals surface area contributed by atoms with E-state index in [1.165, 1.54) is 11.2 Å². The van der Waals surface area contributed by atoms with Crippen molar-refractivity contribution in [2.45, 2.75) is 17.4 Å². The first-order chi connectivity index (χ1) is 12.4. The van der Waals surface area contributed by atoms with E-state index in [-0.39, 0.29) is 41.2 Å². The number of amides is 1. The predicted molar refractivity (Wildman–Crippen MR) is 94.7 cm³/mol. The van der Waals surface area contributed by atoms with Crippen LogP contribution in [0.2, 0.25) is 0 Å². The molecule has 1 amide bonds. The van der Waals surface area contributed by atoms with Crippen molar-refractivity contribution in [1.29, 1.82) is 0 Å². The molecule has 1 unspecified atom stereocenters. The van der Waals surface area contributed by atoms with Crippen LogP contribution in [0.5, 0.6) is 5.75 Å². The summed E-state index contributed by atoms with van der Waals surface area (Å²) in [6, 6.07) is 7.30. The third kappa shape index (κ3) is 4.01. The number of methoxy groups -OCH3 is 1. The van der Waals surface area contributed by atoms with Crippen LogP contribution in [0.25, 0.3) is 0 Å². The fraction of sp³-hybridized carbons (Fsp3) is 0.400. The van der Waals surface area contributed by atoms with Gasteiger partial charge in [-0.15, -0.1) is 10.2 Å². The second-order valence-electron chi connectivity index (χ2n) is 5.55. The van der Waals surface area contributed by atoms with Crippen LogP contribution in [0.1, 0.15) is 18.6 Å². The van der Waals surface area contributed by atoms with Crippen molar-refractivity contribution in [1.82, 2.24) is 14.5 Å². The second kappa shape index (κ2) is 7.66. The number of benzene rings is 1. The number of rotatable bonds is 5. The van der Waals surface area contributed by atoms with Gasteiger partial charge in [-0.3, -0.25) is 4.79 Å². The number of hydrogen-bond donors (Lipinski definition) is 1. The normalized spacial score (nSPS) is 18.5. The van der Waals surface area contributed by atoms with Crippen molar-refractivity contribution >= 4 is 32.4 Å². The third-order valence-corrected chi connectivity index (χ3v) is 6.82. The van der Waals surface area contributed by atoms with Crippen molar-refractivity contribution in [3.05, 3.63) is 29.8 Å². The van der Waals surface area contributed by atoms with Crippen LogP contribution in [-0.4, -0.2) is 55.6 Å². The van der Waals surface area contributed by atoms with Gasteiger partial charge in [0.1, 0.15) is 5.75 Å². The molecule has 0 saturated carbocycles. The molecule has 0 aliphatic carbocycles. The molecule has 9 nitrogen and oxygen atoms in total. The molecular weight excluding hydrogens is 380 g/mol. The molecular formula is C15H18N4O5S2. The Hall–Kier alpha value is -2.08. The molecule has 1 aliphatic heterocycles. The number of ether oxygens (including phenoxy) is 2. The SMILES string of the molecule is COc1ccc(C2CN(S(=O)(=O)c3nnc(NC(C)=O)s3)CCO2)cc1. The number of nitrogens with one attached hydrogen (secondary N) is 1. The maximum Gasteiger partial charge on any atom is 0.272 e. The summed E-state index contributed by atoms with van der Waals surface area (Å²) < 4.78 is 37.6. The Morgan fingerprint density at radius 3 is 2.73 bits per heavy atom. The lowest BCUT2D eigenvalue weighted by Gasteiger charge is -2.31. The molecule has 0 bridgehead atoms. The van der Waals surface area contributed by atoms with Crippen LogP contribution in [0.4, 0.5) is 5.13 Å². The number of carbonyl (C=O) groups excluding carboxylic acids is 1. The number of hydrogen-bond acceptors (Lipinski definition) is 8. The Balaban J connectivity index is 1.77. The molecule has 26 heavy (non-hydrogen) atoms. The predicted octanol–water partition coefficient (Wildman–Crippen LogP) is 1.27. The first-order valence-corrected chi connectivity index (χ1v) is 10.0. The molecule has 0 spiro atoms.